The number of thioether (sulfide) groups is 1. The van der Waals surface area contributed by atoms with Crippen molar-refractivity contribution in [3.05, 3.63) is 18.0 Å². The lowest BCUT2D eigenvalue weighted by atomic mass is 10.2. The highest BCUT2D eigenvalue weighted by atomic mass is 32.2. The van der Waals surface area contributed by atoms with Crippen LogP contribution in [-0.4, -0.2) is 45.6 Å². The molecule has 0 spiro atoms. The second-order valence-electron chi connectivity index (χ2n) is 4.39. The van der Waals surface area contributed by atoms with Crippen LogP contribution in [0.1, 0.15) is 25.3 Å². The van der Waals surface area contributed by atoms with Gasteiger partial charge in [-0.15, -0.1) is 0 Å². The number of aliphatic carboxylic acids is 1. The van der Waals surface area contributed by atoms with E-state index in [1.54, 1.807) is 24.2 Å². The van der Waals surface area contributed by atoms with Gasteiger partial charge in [0.05, 0.1) is 0 Å². The maximum absolute atomic E-state index is 11.1. The lowest BCUT2D eigenvalue weighted by Crippen LogP contribution is -2.36. The number of anilines is 1. The molecule has 0 aliphatic heterocycles. The van der Waals surface area contributed by atoms with Crippen molar-refractivity contribution in [3.8, 4) is 0 Å². The average Bonchev–Trinajstić information content (AvgIpc) is 2.46. The van der Waals surface area contributed by atoms with E-state index < -0.39 is 12.0 Å². The summed E-state index contributed by atoms with van der Waals surface area (Å²) in [6.45, 7) is 3.37. The van der Waals surface area contributed by atoms with Gasteiger partial charge in [0.25, 0.3) is 0 Å². The highest BCUT2D eigenvalue weighted by Crippen LogP contribution is 2.04. The minimum atomic E-state index is -0.818. The van der Waals surface area contributed by atoms with Crippen molar-refractivity contribution in [1.29, 1.82) is 0 Å². The molecule has 1 aromatic heterocycles. The number of carboxylic acids is 1. The van der Waals surface area contributed by atoms with Crippen molar-refractivity contribution in [3.63, 3.8) is 0 Å². The molecule has 6 nitrogen and oxygen atoms in total. The van der Waals surface area contributed by atoms with Crippen LogP contribution in [0, 0.1) is 0 Å². The molecule has 3 N–H and O–H groups in total. The first-order valence-corrected chi connectivity index (χ1v) is 8.06. The van der Waals surface area contributed by atoms with E-state index in [1.807, 2.05) is 6.26 Å². The molecule has 0 aromatic carbocycles. The first-order valence-electron chi connectivity index (χ1n) is 6.67. The number of hydrogen-bond acceptors (Lipinski definition) is 6. The SMILES string of the molecule is CCCNc1ncc(CNC(CCSC)C(=O)O)cn1. The first kappa shape index (κ1) is 16.7. The van der Waals surface area contributed by atoms with Crippen LogP contribution in [0.4, 0.5) is 5.95 Å². The van der Waals surface area contributed by atoms with Crippen LogP contribution in [-0.2, 0) is 11.3 Å². The van der Waals surface area contributed by atoms with Gasteiger partial charge in [-0.25, -0.2) is 9.97 Å². The third-order valence-corrected chi connectivity index (χ3v) is 3.34. The van der Waals surface area contributed by atoms with E-state index in [4.69, 9.17) is 5.11 Å². The third kappa shape index (κ3) is 6.21. The Labute approximate surface area is 123 Å². The highest BCUT2D eigenvalue weighted by molar-refractivity contribution is 7.98. The maximum atomic E-state index is 11.1. The van der Waals surface area contributed by atoms with Crippen LogP contribution < -0.4 is 10.6 Å². The van der Waals surface area contributed by atoms with E-state index in [9.17, 15) is 4.79 Å². The van der Waals surface area contributed by atoms with E-state index in [0.717, 1.165) is 24.3 Å². The topological polar surface area (TPSA) is 87.1 Å². The van der Waals surface area contributed by atoms with Crippen molar-refractivity contribution >= 4 is 23.7 Å². The van der Waals surface area contributed by atoms with Crippen LogP contribution in [0.3, 0.4) is 0 Å². The Morgan fingerprint density at radius 3 is 2.70 bits per heavy atom. The number of rotatable bonds is 10. The Hall–Kier alpha value is -1.34. The van der Waals surface area contributed by atoms with E-state index in [-0.39, 0.29) is 0 Å². The van der Waals surface area contributed by atoms with Crippen LogP contribution in [0.5, 0.6) is 0 Å². The third-order valence-electron chi connectivity index (χ3n) is 2.70. The molecule has 1 aromatic rings. The molecule has 0 saturated heterocycles. The molecule has 1 atom stereocenters. The Balaban J connectivity index is 2.44. The predicted octanol–water partition coefficient (Wildman–Crippen LogP) is 1.59. The van der Waals surface area contributed by atoms with E-state index in [0.29, 0.717) is 18.9 Å². The molecular weight excluding hydrogens is 276 g/mol. The average molecular weight is 298 g/mol. The van der Waals surface area contributed by atoms with Gasteiger partial charge in [0, 0.05) is 31.0 Å². The lowest BCUT2D eigenvalue weighted by molar-refractivity contribution is -0.139. The second kappa shape index (κ2) is 9.55. The monoisotopic (exact) mass is 298 g/mol. The molecule has 0 bridgehead atoms. The summed E-state index contributed by atoms with van der Waals surface area (Å²) in [7, 11) is 0. The molecule has 0 fully saturated rings. The molecule has 7 heteroatoms. The fourth-order valence-corrected chi connectivity index (χ4v) is 2.04. The number of nitrogens with zero attached hydrogens (tertiary/aromatic N) is 2. The Morgan fingerprint density at radius 2 is 2.15 bits per heavy atom. The van der Waals surface area contributed by atoms with E-state index in [1.165, 1.54) is 0 Å². The maximum Gasteiger partial charge on any atom is 0.320 e. The van der Waals surface area contributed by atoms with Crippen molar-refractivity contribution in [1.82, 2.24) is 15.3 Å². The Bertz CT molecular complexity index is 400. The molecule has 112 valence electrons. The summed E-state index contributed by atoms with van der Waals surface area (Å²) in [5.74, 6) is 0.606. The molecule has 0 aliphatic carbocycles. The standard InChI is InChI=1S/C13H22N4O2S/c1-3-5-14-13-16-8-10(9-17-13)7-15-11(12(18)19)4-6-20-2/h8-9,11,15H,3-7H2,1-2H3,(H,18,19)(H,14,16,17). The molecule has 0 amide bonds. The fraction of sp³-hybridized carbons (Fsp3) is 0.615. The number of carboxylic acid groups (broad SMARTS) is 1. The smallest absolute Gasteiger partial charge is 0.320 e. The molecule has 0 radical (unpaired) electrons. The zero-order valence-electron chi connectivity index (χ0n) is 11.9. The summed E-state index contributed by atoms with van der Waals surface area (Å²) in [5.41, 5.74) is 0.877. The summed E-state index contributed by atoms with van der Waals surface area (Å²) in [6, 6.07) is -0.527. The zero-order valence-corrected chi connectivity index (χ0v) is 12.7. The van der Waals surface area contributed by atoms with Crippen molar-refractivity contribution in [2.24, 2.45) is 0 Å². The summed E-state index contributed by atoms with van der Waals surface area (Å²) < 4.78 is 0. The zero-order chi connectivity index (χ0) is 14.8. The number of aromatic nitrogens is 2. The van der Waals surface area contributed by atoms with Crippen LogP contribution in [0.15, 0.2) is 12.4 Å². The van der Waals surface area contributed by atoms with Gasteiger partial charge in [-0.05, 0) is 24.9 Å². The number of carbonyl (C=O) groups is 1. The van der Waals surface area contributed by atoms with Crippen LogP contribution in [0.25, 0.3) is 0 Å². The molecular formula is C13H22N4O2S. The second-order valence-corrected chi connectivity index (χ2v) is 5.38. The van der Waals surface area contributed by atoms with Gasteiger partial charge in [0.15, 0.2) is 0 Å². The fourth-order valence-electron chi connectivity index (χ4n) is 1.56. The van der Waals surface area contributed by atoms with Crippen LogP contribution in [0.2, 0.25) is 0 Å². The first-order chi connectivity index (χ1) is 9.67. The Kier molecular flexibility index (Phi) is 7.98. The minimum Gasteiger partial charge on any atom is -0.480 e. The highest BCUT2D eigenvalue weighted by Gasteiger charge is 2.15. The normalized spacial score (nSPS) is 12.1. The van der Waals surface area contributed by atoms with Gasteiger partial charge in [-0.1, -0.05) is 6.92 Å². The lowest BCUT2D eigenvalue weighted by Gasteiger charge is -2.13. The molecule has 1 rings (SSSR count). The van der Waals surface area contributed by atoms with Gasteiger partial charge in [0.1, 0.15) is 6.04 Å². The molecule has 1 unspecified atom stereocenters. The molecule has 0 saturated carbocycles. The minimum absolute atomic E-state index is 0.458. The summed E-state index contributed by atoms with van der Waals surface area (Å²) >= 11 is 1.64. The van der Waals surface area contributed by atoms with Gasteiger partial charge >= 0.3 is 5.97 Å². The number of nitrogens with one attached hydrogen (secondary N) is 2. The molecule has 0 aliphatic rings. The summed E-state index contributed by atoms with van der Waals surface area (Å²) in [5, 5.41) is 15.2. The van der Waals surface area contributed by atoms with E-state index >= 15 is 0 Å². The van der Waals surface area contributed by atoms with E-state index in [2.05, 4.69) is 27.5 Å². The molecule has 1 heterocycles. The summed E-state index contributed by atoms with van der Waals surface area (Å²) in [6.07, 6.45) is 7.02. The molecule has 20 heavy (non-hydrogen) atoms. The van der Waals surface area contributed by atoms with Crippen LogP contribution >= 0.6 is 11.8 Å². The van der Waals surface area contributed by atoms with Gasteiger partial charge in [0.2, 0.25) is 5.95 Å². The van der Waals surface area contributed by atoms with Crippen molar-refractivity contribution < 1.29 is 9.90 Å². The van der Waals surface area contributed by atoms with Crippen molar-refractivity contribution in [2.75, 3.05) is 23.9 Å². The van der Waals surface area contributed by atoms with Gasteiger partial charge in [-0.3, -0.25) is 4.79 Å². The summed E-state index contributed by atoms with van der Waals surface area (Å²) in [4.78, 5) is 19.5. The van der Waals surface area contributed by atoms with Crippen molar-refractivity contribution in [2.45, 2.75) is 32.4 Å². The van der Waals surface area contributed by atoms with Gasteiger partial charge in [-0.2, -0.15) is 11.8 Å². The number of hydrogen-bond donors (Lipinski definition) is 3. The Morgan fingerprint density at radius 1 is 1.45 bits per heavy atom. The predicted molar refractivity (Wildman–Crippen MR) is 82.1 cm³/mol. The quantitative estimate of drug-likeness (QED) is 0.604. The largest absolute Gasteiger partial charge is 0.480 e. The van der Waals surface area contributed by atoms with Gasteiger partial charge < -0.3 is 15.7 Å².